The van der Waals surface area contributed by atoms with E-state index in [-0.39, 0.29) is 0 Å². The predicted octanol–water partition coefficient (Wildman–Crippen LogP) is 1.11. The molecule has 74 valence electrons. The molecule has 0 aromatic rings. The molecule has 2 nitrogen and oxygen atoms in total. The third kappa shape index (κ3) is 0.962. The van der Waals surface area contributed by atoms with Gasteiger partial charge in [0.2, 0.25) is 0 Å². The Morgan fingerprint density at radius 1 is 1.31 bits per heavy atom. The van der Waals surface area contributed by atoms with Crippen LogP contribution in [0, 0.1) is 16.7 Å². The van der Waals surface area contributed by atoms with E-state index in [0.29, 0.717) is 16.9 Å². The molecule has 2 saturated carbocycles. The van der Waals surface area contributed by atoms with Gasteiger partial charge in [-0.1, -0.05) is 6.92 Å². The number of hydrogen-bond acceptors (Lipinski definition) is 2. The quantitative estimate of drug-likeness (QED) is 0.586. The van der Waals surface area contributed by atoms with Gasteiger partial charge in [-0.15, -0.1) is 0 Å². The molecule has 0 aromatic heterocycles. The lowest BCUT2D eigenvalue weighted by Crippen LogP contribution is -2.47. The number of fused-ring (bicyclic) bond motifs is 1. The van der Waals surface area contributed by atoms with Crippen LogP contribution in [0.3, 0.4) is 0 Å². The number of piperidine rings is 1. The molecule has 3 rings (SSSR count). The monoisotopic (exact) mass is 180 g/mol. The lowest BCUT2D eigenvalue weighted by atomic mass is 9.71. The second-order valence-electron chi connectivity index (χ2n) is 5.78. The summed E-state index contributed by atoms with van der Waals surface area (Å²) in [6.07, 6.45) is 5.46. The first kappa shape index (κ1) is 8.25. The summed E-state index contributed by atoms with van der Waals surface area (Å²) < 4.78 is 0. The molecular formula is C11H20N2. The maximum atomic E-state index is 6.39. The van der Waals surface area contributed by atoms with E-state index in [1.165, 1.54) is 38.8 Å². The van der Waals surface area contributed by atoms with Crippen molar-refractivity contribution in [3.63, 3.8) is 0 Å². The molecule has 1 spiro atoms. The van der Waals surface area contributed by atoms with Crippen molar-refractivity contribution >= 4 is 0 Å². The highest BCUT2D eigenvalue weighted by atomic mass is 14.9. The van der Waals surface area contributed by atoms with Crippen LogP contribution in [0.4, 0.5) is 0 Å². The molecule has 2 aliphatic carbocycles. The van der Waals surface area contributed by atoms with Crippen LogP contribution in [0.2, 0.25) is 0 Å². The minimum atomic E-state index is 0.514. The fourth-order valence-corrected chi connectivity index (χ4v) is 3.99. The first-order chi connectivity index (χ1) is 6.16. The zero-order valence-corrected chi connectivity index (χ0v) is 8.47. The normalized spacial score (nSPS) is 52.2. The summed E-state index contributed by atoms with van der Waals surface area (Å²) in [6, 6.07) is 0.514. The molecule has 0 amide bonds. The van der Waals surface area contributed by atoms with Gasteiger partial charge >= 0.3 is 0 Å². The van der Waals surface area contributed by atoms with Gasteiger partial charge in [0.25, 0.3) is 0 Å². The fraction of sp³-hybridized carbons (Fsp3) is 1.00. The highest BCUT2D eigenvalue weighted by Gasteiger charge is 2.66. The topological polar surface area (TPSA) is 38.0 Å². The molecule has 3 N–H and O–H groups in total. The third-order valence-corrected chi connectivity index (χ3v) is 4.92. The van der Waals surface area contributed by atoms with Crippen molar-refractivity contribution in [1.29, 1.82) is 0 Å². The van der Waals surface area contributed by atoms with Crippen molar-refractivity contribution in [3.05, 3.63) is 0 Å². The van der Waals surface area contributed by atoms with Crippen LogP contribution >= 0.6 is 0 Å². The molecule has 3 fully saturated rings. The largest absolute Gasteiger partial charge is 0.327 e. The van der Waals surface area contributed by atoms with Crippen LogP contribution in [-0.2, 0) is 0 Å². The maximum Gasteiger partial charge on any atom is 0.0131 e. The summed E-state index contributed by atoms with van der Waals surface area (Å²) >= 11 is 0. The molecule has 3 aliphatic rings. The van der Waals surface area contributed by atoms with E-state index in [9.17, 15) is 0 Å². The molecule has 1 aliphatic heterocycles. The Hall–Kier alpha value is -0.0800. The smallest absolute Gasteiger partial charge is 0.0131 e. The summed E-state index contributed by atoms with van der Waals surface area (Å²) in [4.78, 5) is 0. The van der Waals surface area contributed by atoms with Gasteiger partial charge in [-0.2, -0.15) is 0 Å². The van der Waals surface area contributed by atoms with E-state index in [1.54, 1.807) is 0 Å². The minimum absolute atomic E-state index is 0.514. The molecule has 3 unspecified atom stereocenters. The number of nitrogens with two attached hydrogens (primary N) is 1. The van der Waals surface area contributed by atoms with Crippen LogP contribution in [0.1, 0.15) is 32.6 Å². The molecule has 13 heavy (non-hydrogen) atoms. The Morgan fingerprint density at radius 2 is 2.00 bits per heavy atom. The molecule has 1 heterocycles. The molecule has 2 heteroatoms. The molecular weight excluding hydrogens is 160 g/mol. The summed E-state index contributed by atoms with van der Waals surface area (Å²) in [6.45, 7) is 4.82. The molecule has 0 bridgehead atoms. The Kier molecular flexibility index (Phi) is 1.45. The summed E-state index contributed by atoms with van der Waals surface area (Å²) in [7, 11) is 0. The van der Waals surface area contributed by atoms with E-state index < -0.39 is 0 Å². The first-order valence-electron chi connectivity index (χ1n) is 5.63. The SMILES string of the molecule is CC12CC1C(N)C1(CCNCC1)C2. The summed E-state index contributed by atoms with van der Waals surface area (Å²) in [5.74, 6) is 0.866. The average Bonchev–Trinajstić information content (AvgIpc) is 2.72. The second-order valence-corrected chi connectivity index (χ2v) is 5.78. The summed E-state index contributed by atoms with van der Waals surface area (Å²) in [5.41, 5.74) is 7.57. The average molecular weight is 180 g/mol. The zero-order valence-electron chi connectivity index (χ0n) is 8.47. The van der Waals surface area contributed by atoms with Crippen LogP contribution in [0.5, 0.6) is 0 Å². The van der Waals surface area contributed by atoms with Gasteiger partial charge in [-0.3, -0.25) is 0 Å². The zero-order chi connectivity index (χ0) is 9.10. The lowest BCUT2D eigenvalue weighted by molar-refractivity contribution is 0.151. The maximum absolute atomic E-state index is 6.39. The number of rotatable bonds is 0. The van der Waals surface area contributed by atoms with E-state index in [1.807, 2.05) is 0 Å². The van der Waals surface area contributed by atoms with Gasteiger partial charge in [0.1, 0.15) is 0 Å². The lowest BCUT2D eigenvalue weighted by Gasteiger charge is -2.40. The Balaban J connectivity index is 1.84. The highest BCUT2D eigenvalue weighted by Crippen LogP contribution is 2.70. The molecule has 3 atom stereocenters. The van der Waals surface area contributed by atoms with E-state index in [2.05, 4.69) is 12.2 Å². The van der Waals surface area contributed by atoms with Gasteiger partial charge in [-0.05, 0) is 55.5 Å². The predicted molar refractivity (Wildman–Crippen MR) is 53.3 cm³/mol. The van der Waals surface area contributed by atoms with E-state index in [4.69, 9.17) is 5.73 Å². The first-order valence-corrected chi connectivity index (χ1v) is 5.63. The van der Waals surface area contributed by atoms with Gasteiger partial charge < -0.3 is 11.1 Å². The Morgan fingerprint density at radius 3 is 2.54 bits per heavy atom. The molecule has 0 radical (unpaired) electrons. The molecule has 0 aromatic carbocycles. The van der Waals surface area contributed by atoms with Gasteiger partial charge in [-0.25, -0.2) is 0 Å². The van der Waals surface area contributed by atoms with Crippen LogP contribution < -0.4 is 11.1 Å². The molecule has 1 saturated heterocycles. The Labute approximate surface area is 80.3 Å². The highest BCUT2D eigenvalue weighted by molar-refractivity contribution is 5.18. The number of nitrogens with one attached hydrogen (secondary N) is 1. The fourth-order valence-electron chi connectivity index (χ4n) is 3.99. The van der Waals surface area contributed by atoms with Crippen molar-refractivity contribution in [1.82, 2.24) is 5.32 Å². The van der Waals surface area contributed by atoms with Crippen molar-refractivity contribution < 1.29 is 0 Å². The van der Waals surface area contributed by atoms with Crippen molar-refractivity contribution in [2.75, 3.05) is 13.1 Å². The van der Waals surface area contributed by atoms with E-state index >= 15 is 0 Å². The third-order valence-electron chi connectivity index (χ3n) is 4.92. The van der Waals surface area contributed by atoms with Gasteiger partial charge in [0.15, 0.2) is 0 Å². The van der Waals surface area contributed by atoms with Gasteiger partial charge in [0, 0.05) is 6.04 Å². The van der Waals surface area contributed by atoms with Crippen LogP contribution in [-0.4, -0.2) is 19.1 Å². The van der Waals surface area contributed by atoms with Crippen molar-refractivity contribution in [2.45, 2.75) is 38.6 Å². The number of hydrogen-bond donors (Lipinski definition) is 2. The van der Waals surface area contributed by atoms with Crippen LogP contribution in [0.25, 0.3) is 0 Å². The van der Waals surface area contributed by atoms with Gasteiger partial charge in [0.05, 0.1) is 0 Å². The second kappa shape index (κ2) is 2.29. The van der Waals surface area contributed by atoms with Crippen molar-refractivity contribution in [3.8, 4) is 0 Å². The standard InChI is InChI=1S/C11H20N2/c1-10-6-8(10)9(12)11(7-10)2-4-13-5-3-11/h8-9,13H,2-7,12H2,1H3. The Bertz CT molecular complexity index is 232. The van der Waals surface area contributed by atoms with E-state index in [0.717, 1.165) is 5.92 Å². The van der Waals surface area contributed by atoms with Crippen LogP contribution in [0.15, 0.2) is 0 Å². The summed E-state index contributed by atoms with van der Waals surface area (Å²) in [5, 5.41) is 3.44. The van der Waals surface area contributed by atoms with Crippen molar-refractivity contribution in [2.24, 2.45) is 22.5 Å². The minimum Gasteiger partial charge on any atom is -0.327 e.